The minimum absolute atomic E-state index is 0.0872. The van der Waals surface area contributed by atoms with Gasteiger partial charge in [-0.3, -0.25) is 9.59 Å². The molecular formula is C34H32N2O8. The van der Waals surface area contributed by atoms with Gasteiger partial charge in [-0.25, -0.2) is 10.0 Å². The first-order valence-corrected chi connectivity index (χ1v) is 13.7. The van der Waals surface area contributed by atoms with E-state index >= 15 is 0 Å². The number of phenolic OH excluding ortho intramolecular Hbond substituents is 6. The molecule has 4 rings (SSSR count). The zero-order valence-corrected chi connectivity index (χ0v) is 23.6. The van der Waals surface area contributed by atoms with Gasteiger partial charge in [0.05, 0.1) is 0 Å². The van der Waals surface area contributed by atoms with E-state index in [9.17, 15) is 40.2 Å². The predicted octanol–water partition coefficient (Wildman–Crippen LogP) is 4.70. The van der Waals surface area contributed by atoms with Crippen LogP contribution in [0.2, 0.25) is 0 Å². The van der Waals surface area contributed by atoms with Gasteiger partial charge in [0, 0.05) is 25.2 Å². The molecule has 0 aliphatic heterocycles. The molecule has 0 radical (unpaired) electrons. The number of hydrogen-bond acceptors (Lipinski definition) is 8. The molecule has 0 bridgehead atoms. The van der Waals surface area contributed by atoms with Crippen molar-refractivity contribution in [3.8, 4) is 34.5 Å². The van der Waals surface area contributed by atoms with E-state index in [1.165, 1.54) is 95.0 Å². The SMILES string of the molecule is O=C(/C=C\c1ccc(O)c(O)c1)N(CCc1ccc(O)cc1)N(CCc1ccc(O)cc1)C(=O)/C=C\c1ccc(O)c(O)c1. The van der Waals surface area contributed by atoms with Crippen LogP contribution >= 0.6 is 0 Å². The summed E-state index contributed by atoms with van der Waals surface area (Å²) >= 11 is 0. The fraction of sp³-hybridized carbons (Fsp3) is 0.118. The Balaban J connectivity index is 1.66. The van der Waals surface area contributed by atoms with Crippen LogP contribution in [0.25, 0.3) is 12.2 Å². The number of rotatable bonds is 10. The zero-order chi connectivity index (χ0) is 31.6. The second-order valence-electron chi connectivity index (χ2n) is 9.92. The third kappa shape index (κ3) is 8.56. The molecule has 10 heteroatoms. The summed E-state index contributed by atoms with van der Waals surface area (Å²) in [6.07, 6.45) is 6.10. The van der Waals surface area contributed by atoms with Gasteiger partial charge in [0.1, 0.15) is 11.5 Å². The molecule has 0 aliphatic carbocycles. The first kappa shape index (κ1) is 31.0. The Labute approximate surface area is 253 Å². The summed E-state index contributed by atoms with van der Waals surface area (Å²) in [6.45, 7) is 0.174. The van der Waals surface area contributed by atoms with Crippen molar-refractivity contribution in [1.82, 2.24) is 10.0 Å². The van der Waals surface area contributed by atoms with Gasteiger partial charge in [-0.15, -0.1) is 0 Å². The first-order valence-electron chi connectivity index (χ1n) is 13.7. The van der Waals surface area contributed by atoms with Crippen LogP contribution in [-0.2, 0) is 22.4 Å². The highest BCUT2D eigenvalue weighted by Gasteiger charge is 2.23. The van der Waals surface area contributed by atoms with Gasteiger partial charge >= 0.3 is 0 Å². The molecule has 0 fully saturated rings. The minimum Gasteiger partial charge on any atom is -0.508 e. The highest BCUT2D eigenvalue weighted by molar-refractivity contribution is 5.96. The third-order valence-electron chi connectivity index (χ3n) is 6.73. The maximum absolute atomic E-state index is 13.7. The smallest absolute Gasteiger partial charge is 0.265 e. The van der Waals surface area contributed by atoms with Crippen molar-refractivity contribution in [2.24, 2.45) is 0 Å². The van der Waals surface area contributed by atoms with Crippen molar-refractivity contribution in [2.45, 2.75) is 12.8 Å². The molecule has 0 heterocycles. The van der Waals surface area contributed by atoms with Crippen LogP contribution < -0.4 is 0 Å². The van der Waals surface area contributed by atoms with Crippen molar-refractivity contribution >= 4 is 24.0 Å². The second kappa shape index (κ2) is 14.3. The Hall–Kier alpha value is -5.90. The normalized spacial score (nSPS) is 11.2. The lowest BCUT2D eigenvalue weighted by atomic mass is 10.1. The van der Waals surface area contributed by atoms with E-state index in [4.69, 9.17) is 0 Å². The molecule has 0 saturated heterocycles. The Bertz CT molecular complexity index is 1540. The van der Waals surface area contributed by atoms with E-state index in [0.29, 0.717) is 24.0 Å². The summed E-state index contributed by atoms with van der Waals surface area (Å²) in [5.74, 6) is -2.18. The molecule has 0 saturated carbocycles. The van der Waals surface area contributed by atoms with Crippen LogP contribution in [0.4, 0.5) is 0 Å². The monoisotopic (exact) mass is 596 g/mol. The number of phenols is 6. The standard InChI is InChI=1S/C34H32N2O8/c37-27-9-1-23(2-10-27)17-19-35(33(43)15-7-25-5-13-29(39)31(41)21-25)36(20-18-24-3-11-28(38)12-4-24)34(44)16-8-26-6-14-30(40)32(42)22-26/h1-16,21-22,37-42H,17-20H2/b15-7-,16-8-. The maximum Gasteiger partial charge on any atom is 0.265 e. The fourth-order valence-corrected chi connectivity index (χ4v) is 4.29. The van der Waals surface area contributed by atoms with Gasteiger partial charge in [-0.1, -0.05) is 36.4 Å². The van der Waals surface area contributed by atoms with Gasteiger partial charge < -0.3 is 30.6 Å². The zero-order valence-electron chi connectivity index (χ0n) is 23.6. The Morgan fingerprint density at radius 1 is 0.500 bits per heavy atom. The molecule has 0 spiro atoms. The number of amides is 2. The van der Waals surface area contributed by atoms with E-state index in [-0.39, 0.29) is 47.6 Å². The first-order chi connectivity index (χ1) is 21.1. The largest absolute Gasteiger partial charge is 0.508 e. The van der Waals surface area contributed by atoms with Gasteiger partial charge in [0.25, 0.3) is 11.8 Å². The second-order valence-corrected chi connectivity index (χ2v) is 9.92. The van der Waals surface area contributed by atoms with Gasteiger partial charge in [-0.2, -0.15) is 0 Å². The van der Waals surface area contributed by atoms with Crippen LogP contribution in [0, 0.1) is 0 Å². The van der Waals surface area contributed by atoms with E-state index in [1.54, 1.807) is 24.3 Å². The molecule has 0 aliphatic rings. The van der Waals surface area contributed by atoms with Crippen molar-refractivity contribution in [3.05, 3.63) is 119 Å². The molecule has 0 atom stereocenters. The minimum atomic E-state index is -0.536. The molecule has 226 valence electrons. The van der Waals surface area contributed by atoms with Crippen LogP contribution in [0.1, 0.15) is 22.3 Å². The number of hydrazine groups is 1. The molecule has 2 amide bonds. The lowest BCUT2D eigenvalue weighted by Gasteiger charge is -2.34. The lowest BCUT2D eigenvalue weighted by Crippen LogP contribution is -2.50. The number of nitrogens with zero attached hydrogens (tertiary/aromatic N) is 2. The Kier molecular flexibility index (Phi) is 10.1. The Morgan fingerprint density at radius 2 is 0.864 bits per heavy atom. The van der Waals surface area contributed by atoms with Crippen LogP contribution in [0.15, 0.2) is 97.1 Å². The summed E-state index contributed by atoms with van der Waals surface area (Å²) in [7, 11) is 0. The average molecular weight is 597 g/mol. The average Bonchev–Trinajstić information content (AvgIpc) is 3.01. The van der Waals surface area contributed by atoms with Crippen molar-refractivity contribution < 1.29 is 40.2 Å². The fourth-order valence-electron chi connectivity index (χ4n) is 4.29. The van der Waals surface area contributed by atoms with Crippen LogP contribution in [-0.4, -0.2) is 65.6 Å². The lowest BCUT2D eigenvalue weighted by molar-refractivity contribution is -0.157. The van der Waals surface area contributed by atoms with Crippen LogP contribution in [0.3, 0.4) is 0 Å². The van der Waals surface area contributed by atoms with Gasteiger partial charge in [0.15, 0.2) is 23.0 Å². The van der Waals surface area contributed by atoms with Crippen molar-refractivity contribution in [3.63, 3.8) is 0 Å². The topological polar surface area (TPSA) is 162 Å². The number of hydrogen-bond donors (Lipinski definition) is 6. The highest BCUT2D eigenvalue weighted by Crippen LogP contribution is 2.26. The number of benzene rings is 4. The predicted molar refractivity (Wildman–Crippen MR) is 165 cm³/mol. The van der Waals surface area contributed by atoms with E-state index in [0.717, 1.165) is 11.1 Å². The van der Waals surface area contributed by atoms with E-state index < -0.39 is 11.8 Å². The molecule has 10 nitrogen and oxygen atoms in total. The number of aromatic hydroxyl groups is 6. The molecule has 6 N–H and O–H groups in total. The molecule has 44 heavy (non-hydrogen) atoms. The van der Waals surface area contributed by atoms with Crippen molar-refractivity contribution in [1.29, 1.82) is 0 Å². The summed E-state index contributed by atoms with van der Waals surface area (Å²) in [5, 5.41) is 60.8. The highest BCUT2D eigenvalue weighted by atomic mass is 16.3. The molecule has 0 aromatic heterocycles. The quantitative estimate of drug-likeness (QED) is 0.0872. The Morgan fingerprint density at radius 3 is 1.20 bits per heavy atom. The molecule has 4 aromatic carbocycles. The summed E-state index contributed by atoms with van der Waals surface area (Å²) in [5.41, 5.74) is 2.52. The number of carbonyl (C=O) groups is 2. The van der Waals surface area contributed by atoms with Gasteiger partial charge in [0.2, 0.25) is 0 Å². The summed E-state index contributed by atoms with van der Waals surface area (Å²) in [6, 6.07) is 21.2. The van der Waals surface area contributed by atoms with Crippen molar-refractivity contribution in [2.75, 3.05) is 13.1 Å². The van der Waals surface area contributed by atoms with E-state index in [2.05, 4.69) is 0 Å². The maximum atomic E-state index is 13.7. The molecular weight excluding hydrogens is 564 g/mol. The number of carbonyl (C=O) groups excluding carboxylic acids is 2. The molecule has 0 unspecified atom stereocenters. The van der Waals surface area contributed by atoms with E-state index in [1.807, 2.05) is 0 Å². The van der Waals surface area contributed by atoms with Crippen LogP contribution in [0.5, 0.6) is 34.5 Å². The van der Waals surface area contributed by atoms with Gasteiger partial charge in [-0.05, 0) is 95.8 Å². The third-order valence-corrected chi connectivity index (χ3v) is 6.73. The summed E-state index contributed by atoms with van der Waals surface area (Å²) in [4.78, 5) is 27.4. The molecule has 4 aromatic rings. The summed E-state index contributed by atoms with van der Waals surface area (Å²) < 4.78 is 0.